The zero-order valence-corrected chi connectivity index (χ0v) is 5.71. The number of rotatable bonds is 1. The summed E-state index contributed by atoms with van der Waals surface area (Å²) >= 11 is 0. The average molecular weight is 126 g/mol. The van der Waals surface area contributed by atoms with Gasteiger partial charge in [0.15, 0.2) is 0 Å². The lowest BCUT2D eigenvalue weighted by atomic mass is 10.0. The number of aliphatic hydroxyl groups excluding tert-OH is 1. The van der Waals surface area contributed by atoms with Gasteiger partial charge in [-0.1, -0.05) is 12.8 Å². The van der Waals surface area contributed by atoms with Gasteiger partial charge in [-0.2, -0.15) is 0 Å². The van der Waals surface area contributed by atoms with E-state index >= 15 is 0 Å². The molecular weight excluding hydrogens is 112 g/mol. The molecular formula is C8H14O. The lowest BCUT2D eigenvalue weighted by Crippen LogP contribution is -1.91. The van der Waals surface area contributed by atoms with E-state index in [-0.39, 0.29) is 0 Å². The Labute approximate surface area is 56.1 Å². The summed E-state index contributed by atoms with van der Waals surface area (Å²) in [7, 11) is 0. The van der Waals surface area contributed by atoms with Crippen molar-refractivity contribution in [3.63, 3.8) is 0 Å². The van der Waals surface area contributed by atoms with Crippen LogP contribution in [0.1, 0.15) is 25.7 Å². The average Bonchev–Trinajstić information content (AvgIpc) is 2.60. The Morgan fingerprint density at radius 1 is 1.11 bits per heavy atom. The maximum absolute atomic E-state index is 8.84. The Balaban J connectivity index is 1.91. The highest BCUT2D eigenvalue weighted by Crippen LogP contribution is 2.54. The maximum atomic E-state index is 8.84. The second-order valence-electron chi connectivity index (χ2n) is 3.46. The Kier molecular flexibility index (Phi) is 1.26. The fourth-order valence-electron chi connectivity index (χ4n) is 2.41. The zero-order chi connectivity index (χ0) is 6.27. The molecule has 0 aliphatic heterocycles. The van der Waals surface area contributed by atoms with Gasteiger partial charge >= 0.3 is 0 Å². The highest BCUT2D eigenvalue weighted by atomic mass is 16.3. The standard InChI is InChI=1S/C8H14O/c9-5-8-6-3-1-2-4-7(6)8/h6-9H,1-5H2. The topological polar surface area (TPSA) is 20.2 Å². The minimum absolute atomic E-state index is 0.454. The van der Waals surface area contributed by atoms with Gasteiger partial charge in [-0.25, -0.2) is 0 Å². The number of hydrogen-bond donors (Lipinski definition) is 1. The van der Waals surface area contributed by atoms with E-state index in [1.165, 1.54) is 25.7 Å². The molecule has 2 aliphatic carbocycles. The third-order valence-electron chi connectivity index (χ3n) is 3.04. The minimum Gasteiger partial charge on any atom is -0.396 e. The predicted octanol–water partition coefficient (Wildman–Crippen LogP) is 1.41. The third-order valence-corrected chi connectivity index (χ3v) is 3.04. The molecule has 52 valence electrons. The van der Waals surface area contributed by atoms with Gasteiger partial charge in [-0.05, 0) is 30.6 Å². The van der Waals surface area contributed by atoms with E-state index in [1.807, 2.05) is 0 Å². The highest BCUT2D eigenvalue weighted by molar-refractivity contribution is 4.98. The summed E-state index contributed by atoms with van der Waals surface area (Å²) in [6.07, 6.45) is 5.63. The molecule has 1 N–H and O–H groups in total. The summed E-state index contributed by atoms with van der Waals surface area (Å²) in [6, 6.07) is 0. The molecule has 0 aromatic carbocycles. The molecule has 9 heavy (non-hydrogen) atoms. The van der Waals surface area contributed by atoms with E-state index in [2.05, 4.69) is 0 Å². The van der Waals surface area contributed by atoms with Crippen molar-refractivity contribution in [3.05, 3.63) is 0 Å². The van der Waals surface area contributed by atoms with Gasteiger partial charge in [-0.15, -0.1) is 0 Å². The van der Waals surface area contributed by atoms with E-state index in [4.69, 9.17) is 5.11 Å². The first-order valence-corrected chi connectivity index (χ1v) is 4.04. The molecule has 0 heterocycles. The molecule has 2 aliphatic rings. The first-order valence-electron chi connectivity index (χ1n) is 4.04. The number of aliphatic hydroxyl groups is 1. The molecule has 0 aromatic rings. The van der Waals surface area contributed by atoms with Crippen LogP contribution in [-0.2, 0) is 0 Å². The lowest BCUT2D eigenvalue weighted by Gasteiger charge is -2.04. The van der Waals surface area contributed by atoms with Gasteiger partial charge in [0.1, 0.15) is 0 Å². The van der Waals surface area contributed by atoms with Crippen LogP contribution in [0.25, 0.3) is 0 Å². The Morgan fingerprint density at radius 3 is 2.11 bits per heavy atom. The second-order valence-corrected chi connectivity index (χ2v) is 3.46. The zero-order valence-electron chi connectivity index (χ0n) is 5.71. The van der Waals surface area contributed by atoms with Gasteiger partial charge in [0.25, 0.3) is 0 Å². The van der Waals surface area contributed by atoms with Crippen LogP contribution in [0.4, 0.5) is 0 Å². The Bertz CT molecular complexity index is 92.4. The van der Waals surface area contributed by atoms with Crippen molar-refractivity contribution in [2.75, 3.05) is 6.61 Å². The van der Waals surface area contributed by atoms with Crippen molar-refractivity contribution in [2.24, 2.45) is 17.8 Å². The van der Waals surface area contributed by atoms with Crippen LogP contribution in [0.2, 0.25) is 0 Å². The first-order chi connectivity index (χ1) is 4.43. The van der Waals surface area contributed by atoms with Crippen molar-refractivity contribution in [2.45, 2.75) is 25.7 Å². The quantitative estimate of drug-likeness (QED) is 0.563. The van der Waals surface area contributed by atoms with Crippen LogP contribution < -0.4 is 0 Å². The lowest BCUT2D eigenvalue weighted by molar-refractivity contribution is 0.264. The minimum atomic E-state index is 0.454. The second kappa shape index (κ2) is 1.98. The smallest absolute Gasteiger partial charge is 0.0464 e. The van der Waals surface area contributed by atoms with Crippen LogP contribution in [0.3, 0.4) is 0 Å². The Hall–Kier alpha value is -0.0400. The van der Waals surface area contributed by atoms with Crippen LogP contribution in [0.5, 0.6) is 0 Å². The van der Waals surface area contributed by atoms with E-state index in [0.717, 1.165) is 11.8 Å². The number of fused-ring (bicyclic) bond motifs is 1. The molecule has 2 atom stereocenters. The van der Waals surface area contributed by atoms with E-state index in [0.29, 0.717) is 12.5 Å². The van der Waals surface area contributed by atoms with Crippen LogP contribution in [0, 0.1) is 17.8 Å². The van der Waals surface area contributed by atoms with Crippen LogP contribution in [-0.4, -0.2) is 11.7 Å². The third kappa shape index (κ3) is 0.787. The highest BCUT2D eigenvalue weighted by Gasteiger charge is 2.49. The molecule has 0 bridgehead atoms. The summed E-state index contributed by atoms with van der Waals surface area (Å²) in [4.78, 5) is 0. The SMILES string of the molecule is OCC1C2CCCCC12. The molecule has 1 nitrogen and oxygen atoms in total. The maximum Gasteiger partial charge on any atom is 0.0464 e. The molecule has 0 spiro atoms. The van der Waals surface area contributed by atoms with Crippen molar-refractivity contribution < 1.29 is 5.11 Å². The van der Waals surface area contributed by atoms with Gasteiger partial charge in [0.2, 0.25) is 0 Å². The molecule has 0 aromatic heterocycles. The normalized spacial score (nSPS) is 48.3. The fraction of sp³-hybridized carbons (Fsp3) is 1.00. The molecule has 2 saturated carbocycles. The van der Waals surface area contributed by atoms with Crippen molar-refractivity contribution >= 4 is 0 Å². The van der Waals surface area contributed by atoms with Gasteiger partial charge in [-0.3, -0.25) is 0 Å². The van der Waals surface area contributed by atoms with Crippen LogP contribution >= 0.6 is 0 Å². The molecule has 2 rings (SSSR count). The molecule has 0 radical (unpaired) electrons. The van der Waals surface area contributed by atoms with E-state index in [1.54, 1.807) is 0 Å². The molecule has 1 heteroatoms. The summed E-state index contributed by atoms with van der Waals surface area (Å²) in [5.74, 6) is 2.58. The molecule has 0 saturated heterocycles. The molecule has 0 amide bonds. The molecule has 2 unspecified atom stereocenters. The van der Waals surface area contributed by atoms with Crippen molar-refractivity contribution in [3.8, 4) is 0 Å². The van der Waals surface area contributed by atoms with Crippen molar-refractivity contribution in [1.82, 2.24) is 0 Å². The fourth-order valence-corrected chi connectivity index (χ4v) is 2.41. The van der Waals surface area contributed by atoms with Crippen molar-refractivity contribution in [1.29, 1.82) is 0 Å². The first kappa shape index (κ1) is 5.72. The van der Waals surface area contributed by atoms with E-state index in [9.17, 15) is 0 Å². The predicted molar refractivity (Wildman–Crippen MR) is 36.0 cm³/mol. The number of hydrogen-bond acceptors (Lipinski definition) is 1. The van der Waals surface area contributed by atoms with Gasteiger partial charge in [0, 0.05) is 6.61 Å². The Morgan fingerprint density at radius 2 is 1.67 bits per heavy atom. The summed E-state index contributed by atoms with van der Waals surface area (Å²) in [5.41, 5.74) is 0. The monoisotopic (exact) mass is 126 g/mol. The van der Waals surface area contributed by atoms with E-state index < -0.39 is 0 Å². The summed E-state index contributed by atoms with van der Waals surface area (Å²) in [6.45, 7) is 0.454. The largest absolute Gasteiger partial charge is 0.396 e. The summed E-state index contributed by atoms with van der Waals surface area (Å²) < 4.78 is 0. The van der Waals surface area contributed by atoms with Gasteiger partial charge < -0.3 is 5.11 Å². The summed E-state index contributed by atoms with van der Waals surface area (Å²) in [5, 5.41) is 8.84. The van der Waals surface area contributed by atoms with Crippen LogP contribution in [0.15, 0.2) is 0 Å². The van der Waals surface area contributed by atoms with Gasteiger partial charge in [0.05, 0.1) is 0 Å². The molecule has 2 fully saturated rings.